The molecule has 1 atom stereocenters. The molecule has 0 aromatic rings. The molecule has 9 heavy (non-hydrogen) atoms. The molecule has 1 heterocycles. The molecular weight excluding hydrogens is 136 g/mol. The normalized spacial score (nSPS) is 32.1. The Labute approximate surface area is 56.2 Å². The van der Waals surface area contributed by atoms with E-state index in [1.807, 2.05) is 13.8 Å². The van der Waals surface area contributed by atoms with Crippen molar-refractivity contribution in [2.75, 3.05) is 5.75 Å². The fraction of sp³-hybridized carbons (Fsp3) is 1.00. The molecule has 0 N–H and O–H groups in total. The van der Waals surface area contributed by atoms with Crippen molar-refractivity contribution in [2.24, 2.45) is 5.92 Å². The van der Waals surface area contributed by atoms with Crippen molar-refractivity contribution in [1.29, 1.82) is 0 Å². The van der Waals surface area contributed by atoms with Gasteiger partial charge in [-0.1, -0.05) is 13.8 Å². The summed E-state index contributed by atoms with van der Waals surface area (Å²) < 4.78 is 21.7. The lowest BCUT2D eigenvalue weighted by Crippen LogP contribution is -2.40. The molecule has 0 aromatic heterocycles. The van der Waals surface area contributed by atoms with E-state index in [1.165, 1.54) is 0 Å². The molecule has 1 fully saturated rings. The summed E-state index contributed by atoms with van der Waals surface area (Å²) in [4.78, 5) is 0. The van der Waals surface area contributed by atoms with Crippen molar-refractivity contribution in [3.63, 3.8) is 0 Å². The summed E-state index contributed by atoms with van der Waals surface area (Å²) in [7, 11) is -2.62. The number of sulfone groups is 1. The van der Waals surface area contributed by atoms with Gasteiger partial charge in [0.05, 0.1) is 11.0 Å². The smallest absolute Gasteiger partial charge is 0.153 e. The van der Waals surface area contributed by atoms with Crippen LogP contribution in [0.4, 0.5) is 0 Å². The van der Waals surface area contributed by atoms with Gasteiger partial charge in [0, 0.05) is 0 Å². The molecule has 0 aromatic carbocycles. The average molecular weight is 148 g/mol. The van der Waals surface area contributed by atoms with Crippen molar-refractivity contribution >= 4 is 9.84 Å². The molecule has 1 saturated heterocycles. The maximum absolute atomic E-state index is 10.9. The van der Waals surface area contributed by atoms with Gasteiger partial charge in [-0.05, 0) is 12.3 Å². The molecule has 1 rings (SSSR count). The minimum Gasteiger partial charge on any atom is -0.229 e. The fourth-order valence-electron chi connectivity index (χ4n) is 1.19. The third-order valence-electron chi connectivity index (χ3n) is 1.89. The number of rotatable bonds is 1. The quantitative estimate of drug-likeness (QED) is 0.552. The highest BCUT2D eigenvalue weighted by Crippen LogP contribution is 2.26. The Morgan fingerprint density at radius 1 is 1.44 bits per heavy atom. The third-order valence-corrected chi connectivity index (χ3v) is 4.40. The van der Waals surface area contributed by atoms with Gasteiger partial charge in [0.25, 0.3) is 0 Å². The maximum Gasteiger partial charge on any atom is 0.153 e. The summed E-state index contributed by atoms with van der Waals surface area (Å²) in [5.41, 5.74) is 0. The highest BCUT2D eigenvalue weighted by atomic mass is 32.2. The molecule has 0 aliphatic carbocycles. The van der Waals surface area contributed by atoms with E-state index in [2.05, 4.69) is 0 Å². The topological polar surface area (TPSA) is 34.1 Å². The van der Waals surface area contributed by atoms with Crippen LogP contribution in [-0.4, -0.2) is 19.4 Å². The Morgan fingerprint density at radius 2 is 2.00 bits per heavy atom. The summed E-state index contributed by atoms with van der Waals surface area (Å²) in [5, 5.41) is -0.0301. The zero-order valence-corrected chi connectivity index (χ0v) is 6.61. The predicted octanol–water partition coefficient (Wildman–Crippen LogP) is 0.830. The highest BCUT2D eigenvalue weighted by Gasteiger charge is 2.37. The van der Waals surface area contributed by atoms with Crippen LogP contribution < -0.4 is 0 Å². The minimum atomic E-state index is -2.62. The van der Waals surface area contributed by atoms with Crippen LogP contribution in [0.25, 0.3) is 0 Å². The van der Waals surface area contributed by atoms with Gasteiger partial charge in [0.15, 0.2) is 9.84 Å². The van der Waals surface area contributed by atoms with Gasteiger partial charge < -0.3 is 0 Å². The maximum atomic E-state index is 10.9. The Bertz CT molecular complexity index is 191. The second-order valence-corrected chi connectivity index (χ2v) is 5.28. The Balaban J connectivity index is 2.67. The third kappa shape index (κ3) is 1.11. The lowest BCUT2D eigenvalue weighted by Gasteiger charge is -2.28. The molecule has 1 unspecified atom stereocenters. The minimum absolute atomic E-state index is 0.0301. The van der Waals surface area contributed by atoms with Gasteiger partial charge in [-0.25, -0.2) is 8.42 Å². The molecule has 0 radical (unpaired) electrons. The van der Waals surface area contributed by atoms with Gasteiger partial charge >= 0.3 is 0 Å². The number of hydrogen-bond donors (Lipinski definition) is 0. The van der Waals surface area contributed by atoms with E-state index >= 15 is 0 Å². The molecule has 3 heteroatoms. The van der Waals surface area contributed by atoms with E-state index in [0.717, 1.165) is 6.42 Å². The van der Waals surface area contributed by atoms with Crippen molar-refractivity contribution < 1.29 is 8.42 Å². The summed E-state index contributed by atoms with van der Waals surface area (Å²) in [6, 6.07) is 0. The molecule has 2 nitrogen and oxygen atoms in total. The Morgan fingerprint density at radius 3 is 2.00 bits per heavy atom. The molecular formula is C6H12O2S. The van der Waals surface area contributed by atoms with Crippen LogP contribution in [0, 0.1) is 5.92 Å². The van der Waals surface area contributed by atoms with Crippen LogP contribution >= 0.6 is 0 Å². The fourth-order valence-corrected chi connectivity index (χ4v) is 2.92. The molecule has 0 amide bonds. The van der Waals surface area contributed by atoms with Crippen molar-refractivity contribution in [1.82, 2.24) is 0 Å². The highest BCUT2D eigenvalue weighted by molar-refractivity contribution is 7.93. The Kier molecular flexibility index (Phi) is 1.55. The van der Waals surface area contributed by atoms with E-state index in [9.17, 15) is 8.42 Å². The van der Waals surface area contributed by atoms with Gasteiger partial charge in [0.1, 0.15) is 0 Å². The summed E-state index contributed by atoms with van der Waals surface area (Å²) in [6.07, 6.45) is 0.875. The van der Waals surface area contributed by atoms with Crippen molar-refractivity contribution in [3.8, 4) is 0 Å². The largest absolute Gasteiger partial charge is 0.229 e. The average Bonchev–Trinajstić information content (AvgIpc) is 1.62. The van der Waals surface area contributed by atoms with Gasteiger partial charge in [0.2, 0.25) is 0 Å². The van der Waals surface area contributed by atoms with E-state index in [0.29, 0.717) is 11.7 Å². The molecule has 0 saturated carbocycles. The predicted molar refractivity (Wildman–Crippen MR) is 37.0 cm³/mol. The first kappa shape index (κ1) is 7.06. The first-order valence-electron chi connectivity index (χ1n) is 3.25. The summed E-state index contributed by atoms with van der Waals surface area (Å²) in [6.45, 7) is 3.92. The van der Waals surface area contributed by atoms with Crippen LogP contribution in [0.1, 0.15) is 20.3 Å². The lowest BCUT2D eigenvalue weighted by molar-refractivity contribution is 0.487. The van der Waals surface area contributed by atoms with Crippen LogP contribution in [-0.2, 0) is 9.84 Å². The molecule has 0 bridgehead atoms. The first-order valence-corrected chi connectivity index (χ1v) is 4.97. The molecule has 1 aliphatic heterocycles. The molecule has 0 spiro atoms. The zero-order valence-electron chi connectivity index (χ0n) is 5.79. The second kappa shape index (κ2) is 1.97. The zero-order chi connectivity index (χ0) is 7.07. The van der Waals surface area contributed by atoms with Gasteiger partial charge in [-0.15, -0.1) is 0 Å². The molecule has 1 aliphatic rings. The van der Waals surface area contributed by atoms with Gasteiger partial charge in [-0.2, -0.15) is 0 Å². The van der Waals surface area contributed by atoms with Crippen molar-refractivity contribution in [2.45, 2.75) is 25.5 Å². The standard InChI is InChI=1S/C6H12O2S/c1-5(2)6-3-4-9(6,7)8/h5-6H,3-4H2,1-2H3. The first-order chi connectivity index (χ1) is 4.04. The lowest BCUT2D eigenvalue weighted by atomic mass is 10.1. The summed E-state index contributed by atoms with van der Waals surface area (Å²) in [5.74, 6) is 0.722. The SMILES string of the molecule is CC(C)C1CCS1(=O)=O. The van der Waals surface area contributed by atoms with Crippen LogP contribution in [0.15, 0.2) is 0 Å². The van der Waals surface area contributed by atoms with Crippen LogP contribution in [0.3, 0.4) is 0 Å². The van der Waals surface area contributed by atoms with E-state index in [-0.39, 0.29) is 5.25 Å². The van der Waals surface area contributed by atoms with Crippen LogP contribution in [0.5, 0.6) is 0 Å². The Hall–Kier alpha value is -0.0500. The van der Waals surface area contributed by atoms with E-state index in [4.69, 9.17) is 0 Å². The second-order valence-electron chi connectivity index (χ2n) is 2.94. The van der Waals surface area contributed by atoms with Crippen molar-refractivity contribution in [3.05, 3.63) is 0 Å². The monoisotopic (exact) mass is 148 g/mol. The van der Waals surface area contributed by atoms with Gasteiger partial charge in [-0.3, -0.25) is 0 Å². The van der Waals surface area contributed by atoms with E-state index < -0.39 is 9.84 Å². The molecule has 54 valence electrons. The number of hydrogen-bond acceptors (Lipinski definition) is 2. The summed E-state index contributed by atoms with van der Waals surface area (Å²) >= 11 is 0. The van der Waals surface area contributed by atoms with Crippen LogP contribution in [0.2, 0.25) is 0 Å². The van der Waals surface area contributed by atoms with E-state index in [1.54, 1.807) is 0 Å².